The van der Waals surface area contributed by atoms with Crippen LogP contribution in [0, 0.1) is 0 Å². The summed E-state index contributed by atoms with van der Waals surface area (Å²) in [6.07, 6.45) is 26.4. The van der Waals surface area contributed by atoms with Gasteiger partial charge in [-0.3, -0.25) is 0 Å². The normalized spacial score (nSPS) is 11.7. The molecule has 0 aromatic rings. The van der Waals surface area contributed by atoms with Gasteiger partial charge in [-0.15, -0.1) is 0 Å². The van der Waals surface area contributed by atoms with E-state index in [1.54, 1.807) is 0 Å². The Hall–Kier alpha value is 1.83. The molecule has 0 atom stereocenters. The van der Waals surface area contributed by atoms with Crippen LogP contribution in [-0.2, 0) is 48.5 Å². The second-order valence-electron chi connectivity index (χ2n) is 17.8. The molecule has 0 heterocycles. The molecule has 0 amide bonds. The summed E-state index contributed by atoms with van der Waals surface area (Å²) in [4.78, 5) is 67.1. The van der Waals surface area contributed by atoms with Crippen molar-refractivity contribution >= 4 is 44.2 Å². The topological polar surface area (TPSA) is 241 Å². The molecule has 12 nitrogen and oxygen atoms in total. The third kappa shape index (κ3) is 76.9. The van der Waals surface area contributed by atoms with Crippen LogP contribution in [0.3, 0.4) is 0 Å². The van der Waals surface area contributed by atoms with Gasteiger partial charge in [-0.05, 0) is 151 Å². The van der Waals surface area contributed by atoms with E-state index in [1.807, 2.05) is 83.1 Å². The molecule has 0 spiro atoms. The fraction of sp³-hybridized carbons (Fsp3) is 1.00. The van der Waals surface area contributed by atoms with Gasteiger partial charge in [0.15, 0.2) is 0 Å². The molecule has 67 heavy (non-hydrogen) atoms. The van der Waals surface area contributed by atoms with Gasteiger partial charge in [0.2, 0.25) is 0 Å². The van der Waals surface area contributed by atoms with Crippen molar-refractivity contribution in [2.45, 2.75) is 237 Å². The van der Waals surface area contributed by atoms with Crippen molar-refractivity contribution in [3.63, 3.8) is 0 Å². The zero-order valence-electron chi connectivity index (χ0n) is 45.4. The maximum absolute atomic E-state index is 11.2. The first kappa shape index (κ1) is 82.8. The third-order valence-electron chi connectivity index (χ3n) is 10.2. The van der Waals surface area contributed by atoms with Crippen molar-refractivity contribution < 1.29 is 77.8 Å². The second kappa shape index (κ2) is 55.6. The van der Waals surface area contributed by atoms with Gasteiger partial charge in [0.05, 0.1) is 0 Å². The predicted octanol–water partition coefficient (Wildman–Crippen LogP) is 13.3. The number of unbranched alkanes of at least 4 members (excludes halogenated alkanes) is 12. The summed E-state index contributed by atoms with van der Waals surface area (Å²) in [5.74, 6) is 0. The molecule has 0 radical (unpaired) electrons. The van der Waals surface area contributed by atoms with Gasteiger partial charge in [0, 0.05) is 44.2 Å². The first-order valence-electron chi connectivity index (χ1n) is 26.5. The monoisotopic (exact) mass is 1160 g/mol. The van der Waals surface area contributed by atoms with Crippen molar-refractivity contribution in [3.8, 4) is 0 Å². The summed E-state index contributed by atoms with van der Waals surface area (Å²) in [5.41, 5.74) is 0. The maximum Gasteiger partial charge on any atom is 6.00 e. The van der Waals surface area contributed by atoms with Gasteiger partial charge in [0.1, 0.15) is 0 Å². The number of hydrogen-bond donors (Lipinski definition) is 0. The molecule has 0 aliphatic heterocycles. The summed E-state index contributed by atoms with van der Waals surface area (Å²) < 4.78 is 67.1. The van der Waals surface area contributed by atoms with E-state index >= 15 is 0 Å². The largest absolute Gasteiger partial charge is 6.00 e. The van der Waals surface area contributed by atoms with E-state index in [9.17, 15) is 56.8 Å². The minimum absolute atomic E-state index is 0. The van der Waals surface area contributed by atoms with Crippen LogP contribution < -0.4 is 29.4 Å². The van der Waals surface area contributed by atoms with Crippen LogP contribution in [0.2, 0.25) is 0 Å². The minimum atomic E-state index is -2.98. The molecule has 408 valence electrons. The Kier molecular flexibility index (Phi) is 68.7. The van der Waals surface area contributed by atoms with E-state index in [0.717, 1.165) is 154 Å². The van der Waals surface area contributed by atoms with E-state index < -0.39 is 44.2 Å². The number of hydrogen-bond acceptors (Lipinski definition) is 12. The van der Waals surface area contributed by atoms with Crippen molar-refractivity contribution in [2.75, 3.05) is 73.9 Å². The standard InChI is InChI=1S/6C8H19O2P.Mo/c6*1-3-5-7-11(9,10)8-6-4-2;/h6*3-8H2,1-2H3,(H,9,10);/q;;;;;;+6/p-6. The smallest absolute Gasteiger partial charge is 0.799 e. The van der Waals surface area contributed by atoms with Crippen molar-refractivity contribution in [1.82, 2.24) is 0 Å². The van der Waals surface area contributed by atoms with E-state index in [4.69, 9.17) is 0 Å². The van der Waals surface area contributed by atoms with Crippen LogP contribution in [0.15, 0.2) is 0 Å². The molecular formula is C48H108MoO12P6. The van der Waals surface area contributed by atoms with E-state index in [1.165, 1.54) is 0 Å². The van der Waals surface area contributed by atoms with Crippen molar-refractivity contribution in [2.24, 2.45) is 0 Å². The van der Waals surface area contributed by atoms with Gasteiger partial charge in [-0.2, -0.15) is 0 Å². The van der Waals surface area contributed by atoms with Crippen LogP contribution in [0.4, 0.5) is 0 Å². The molecule has 0 aliphatic carbocycles. The Bertz CT molecular complexity index is 988. The van der Waals surface area contributed by atoms with Crippen LogP contribution in [-0.4, -0.2) is 73.9 Å². The summed E-state index contributed by atoms with van der Waals surface area (Å²) in [6.45, 7) is 24.2. The average Bonchev–Trinajstić information content (AvgIpc) is 3.27. The van der Waals surface area contributed by atoms with E-state index in [2.05, 4.69) is 0 Å². The molecule has 0 aliphatic rings. The first-order valence-corrected chi connectivity index (χ1v) is 38.4. The number of rotatable bonds is 36. The molecule has 19 heteroatoms. The van der Waals surface area contributed by atoms with Crippen molar-refractivity contribution in [1.29, 1.82) is 0 Å². The molecule has 0 rings (SSSR count). The zero-order chi connectivity index (χ0) is 52.5. The molecular weight excluding hydrogens is 1050 g/mol. The Morgan fingerprint density at radius 3 is 0.299 bits per heavy atom. The molecule has 0 saturated heterocycles. The fourth-order valence-electron chi connectivity index (χ4n) is 5.46. The van der Waals surface area contributed by atoms with Crippen LogP contribution in [0.25, 0.3) is 0 Å². The SMILES string of the molecule is CCCCP(=O)([O-])CCCC.CCCCP(=O)([O-])CCCC.CCCCP(=O)([O-])CCCC.CCCCP(=O)([O-])CCCC.CCCCP(=O)([O-])CCCC.CCCCP(=O)([O-])CCCC.[Mo+6]. The fourth-order valence-corrected chi connectivity index (χ4v) is 16.4. The molecule has 0 N–H and O–H groups in total. The summed E-state index contributed by atoms with van der Waals surface area (Å²) in [6, 6.07) is 0. The Labute approximate surface area is 430 Å². The molecule has 0 bridgehead atoms. The van der Waals surface area contributed by atoms with E-state index in [0.29, 0.717) is 73.9 Å². The molecule has 0 saturated carbocycles. The quantitative estimate of drug-likeness (QED) is 0.0420. The zero-order valence-corrected chi connectivity index (χ0v) is 52.8. The van der Waals surface area contributed by atoms with Crippen LogP contribution in [0.1, 0.15) is 237 Å². The third-order valence-corrected chi connectivity index (χ3v) is 22.2. The summed E-state index contributed by atoms with van der Waals surface area (Å²) in [7, 11) is -17.9. The summed E-state index contributed by atoms with van der Waals surface area (Å²) >= 11 is 0. The Balaban J connectivity index is -0.000000129. The van der Waals surface area contributed by atoms with Gasteiger partial charge in [-0.1, -0.05) is 160 Å². The van der Waals surface area contributed by atoms with Gasteiger partial charge in [0.25, 0.3) is 0 Å². The average molecular weight is 1160 g/mol. The molecule has 0 fully saturated rings. The molecule has 0 aromatic carbocycles. The molecule has 0 aromatic heterocycles. The van der Waals surface area contributed by atoms with Crippen molar-refractivity contribution in [3.05, 3.63) is 0 Å². The van der Waals surface area contributed by atoms with Gasteiger partial charge < -0.3 is 56.8 Å². The van der Waals surface area contributed by atoms with Gasteiger partial charge >= 0.3 is 21.1 Å². The minimum Gasteiger partial charge on any atom is -0.799 e. The van der Waals surface area contributed by atoms with Crippen LogP contribution >= 0.6 is 44.2 Å². The Morgan fingerprint density at radius 2 is 0.254 bits per heavy atom. The molecule has 0 unspecified atom stereocenters. The Morgan fingerprint density at radius 1 is 0.194 bits per heavy atom. The maximum atomic E-state index is 11.2. The van der Waals surface area contributed by atoms with E-state index in [-0.39, 0.29) is 21.1 Å². The first-order chi connectivity index (χ1) is 30.7. The van der Waals surface area contributed by atoms with Gasteiger partial charge in [-0.25, -0.2) is 0 Å². The second-order valence-corrected chi connectivity index (χ2v) is 33.0. The van der Waals surface area contributed by atoms with Crippen LogP contribution in [0.5, 0.6) is 0 Å². The summed E-state index contributed by atoms with van der Waals surface area (Å²) in [5, 5.41) is 0. The predicted molar refractivity (Wildman–Crippen MR) is 283 cm³/mol.